The minimum Gasteiger partial charge on any atom is -0.345 e. The molecule has 0 aliphatic heterocycles. The molecule has 4 N–H and O–H groups in total. The van der Waals surface area contributed by atoms with Crippen LogP contribution >= 0.6 is 0 Å². The number of carbonyl (C=O) groups is 2. The van der Waals surface area contributed by atoms with E-state index in [1.165, 1.54) is 6.92 Å². The van der Waals surface area contributed by atoms with Gasteiger partial charge in [0, 0.05) is 0 Å². The number of likely N-dealkylation sites (N-methyl/N-ethyl adjacent to an activating group) is 1. The monoisotopic (exact) mass is 271 g/mol. The van der Waals surface area contributed by atoms with Crippen molar-refractivity contribution in [2.24, 2.45) is 11.7 Å². The van der Waals surface area contributed by atoms with Gasteiger partial charge in [-0.2, -0.15) is 0 Å². The molecule has 5 heteroatoms. The van der Waals surface area contributed by atoms with Gasteiger partial charge >= 0.3 is 0 Å². The summed E-state index contributed by atoms with van der Waals surface area (Å²) >= 11 is 0. The number of hydrogen-bond acceptors (Lipinski definition) is 4. The second-order valence-corrected chi connectivity index (χ2v) is 5.24. The van der Waals surface area contributed by atoms with Crippen LogP contribution in [-0.4, -0.2) is 36.9 Å². The van der Waals surface area contributed by atoms with Crippen LogP contribution in [0.2, 0.25) is 0 Å². The molecule has 0 aromatic rings. The zero-order chi connectivity index (χ0) is 14.8. The Morgan fingerprint density at radius 1 is 1.21 bits per heavy atom. The predicted molar refractivity (Wildman–Crippen MR) is 77.8 cm³/mol. The number of nitrogens with one attached hydrogen (secondary N) is 2. The van der Waals surface area contributed by atoms with Crippen molar-refractivity contribution < 1.29 is 9.59 Å². The van der Waals surface area contributed by atoms with E-state index in [2.05, 4.69) is 10.6 Å². The first-order valence-corrected chi connectivity index (χ1v) is 7.18. The van der Waals surface area contributed by atoms with Crippen molar-refractivity contribution in [3.63, 3.8) is 0 Å². The smallest absolute Gasteiger partial charge is 0.237 e. The zero-order valence-electron chi connectivity index (χ0n) is 12.7. The standard InChI is InChI=1S/C14H29N3O2/c1-5-16-13(10(2)3)14(19)17-12(11(4)18)8-6-7-9-15/h10,12-13,16H,5-9,15H2,1-4H3,(H,17,19)/t12-,13?/m0/s1. The molecule has 0 radical (unpaired) electrons. The topological polar surface area (TPSA) is 84.2 Å². The van der Waals surface area contributed by atoms with Crippen LogP contribution in [0.15, 0.2) is 0 Å². The summed E-state index contributed by atoms with van der Waals surface area (Å²) in [5.41, 5.74) is 5.44. The van der Waals surface area contributed by atoms with Crippen molar-refractivity contribution in [3.05, 3.63) is 0 Å². The molecule has 0 aromatic heterocycles. The van der Waals surface area contributed by atoms with Crippen LogP contribution in [0, 0.1) is 5.92 Å². The molecule has 0 bridgehead atoms. The molecule has 0 saturated heterocycles. The van der Waals surface area contributed by atoms with Gasteiger partial charge in [0.1, 0.15) is 0 Å². The van der Waals surface area contributed by atoms with Crippen LogP contribution in [0.5, 0.6) is 0 Å². The minimum absolute atomic E-state index is 0.00405. The van der Waals surface area contributed by atoms with E-state index in [-0.39, 0.29) is 29.7 Å². The van der Waals surface area contributed by atoms with Gasteiger partial charge in [-0.1, -0.05) is 20.8 Å². The maximum atomic E-state index is 12.2. The third-order valence-electron chi connectivity index (χ3n) is 3.13. The fourth-order valence-electron chi connectivity index (χ4n) is 1.98. The SMILES string of the molecule is CCNC(C(=O)N[C@@H](CCCCN)C(C)=O)C(C)C. The molecule has 0 fully saturated rings. The summed E-state index contributed by atoms with van der Waals surface area (Å²) in [5, 5.41) is 6.00. The Morgan fingerprint density at radius 2 is 1.84 bits per heavy atom. The highest BCUT2D eigenvalue weighted by molar-refractivity contribution is 5.89. The second kappa shape index (κ2) is 9.92. The lowest BCUT2D eigenvalue weighted by Gasteiger charge is -2.24. The third kappa shape index (κ3) is 7.28. The van der Waals surface area contributed by atoms with E-state index in [1.807, 2.05) is 20.8 Å². The van der Waals surface area contributed by atoms with Crippen LogP contribution in [0.1, 0.15) is 47.0 Å². The van der Waals surface area contributed by atoms with Gasteiger partial charge in [-0.05, 0) is 45.2 Å². The minimum atomic E-state index is -0.390. The number of amides is 1. The van der Waals surface area contributed by atoms with E-state index in [1.54, 1.807) is 0 Å². The molecule has 1 unspecified atom stereocenters. The van der Waals surface area contributed by atoms with Gasteiger partial charge in [-0.25, -0.2) is 0 Å². The Balaban J connectivity index is 4.46. The highest BCUT2D eigenvalue weighted by Gasteiger charge is 2.24. The van der Waals surface area contributed by atoms with Gasteiger partial charge in [0.2, 0.25) is 5.91 Å². The van der Waals surface area contributed by atoms with Gasteiger partial charge in [-0.15, -0.1) is 0 Å². The Morgan fingerprint density at radius 3 is 2.26 bits per heavy atom. The third-order valence-corrected chi connectivity index (χ3v) is 3.13. The van der Waals surface area contributed by atoms with Crippen molar-refractivity contribution in [1.29, 1.82) is 0 Å². The fraction of sp³-hybridized carbons (Fsp3) is 0.857. The number of rotatable bonds is 10. The van der Waals surface area contributed by atoms with Crippen LogP contribution in [0.3, 0.4) is 0 Å². The molecular formula is C14H29N3O2. The lowest BCUT2D eigenvalue weighted by molar-refractivity contribution is -0.129. The van der Waals surface area contributed by atoms with Gasteiger partial charge in [0.25, 0.3) is 0 Å². The summed E-state index contributed by atoms with van der Waals surface area (Å²) < 4.78 is 0. The summed E-state index contributed by atoms with van der Waals surface area (Å²) in [7, 11) is 0. The average molecular weight is 271 g/mol. The summed E-state index contributed by atoms with van der Waals surface area (Å²) in [4.78, 5) is 23.7. The summed E-state index contributed by atoms with van der Waals surface area (Å²) in [6.45, 7) is 8.81. The van der Waals surface area contributed by atoms with E-state index < -0.39 is 0 Å². The Labute approximate surface area is 116 Å². The maximum Gasteiger partial charge on any atom is 0.237 e. The van der Waals surface area contributed by atoms with Crippen LogP contribution in [0.4, 0.5) is 0 Å². The first-order valence-electron chi connectivity index (χ1n) is 7.18. The number of ketones is 1. The molecule has 0 saturated carbocycles. The van der Waals surface area contributed by atoms with Crippen molar-refractivity contribution in [2.45, 2.75) is 59.0 Å². The van der Waals surface area contributed by atoms with Gasteiger partial charge in [-0.3, -0.25) is 9.59 Å². The van der Waals surface area contributed by atoms with Gasteiger partial charge < -0.3 is 16.4 Å². The van der Waals surface area contributed by atoms with Crippen LogP contribution in [0.25, 0.3) is 0 Å². The number of unbranched alkanes of at least 4 members (excludes halogenated alkanes) is 1. The van der Waals surface area contributed by atoms with E-state index in [9.17, 15) is 9.59 Å². The van der Waals surface area contributed by atoms with Crippen LogP contribution < -0.4 is 16.4 Å². The van der Waals surface area contributed by atoms with Crippen molar-refractivity contribution in [1.82, 2.24) is 10.6 Å². The second-order valence-electron chi connectivity index (χ2n) is 5.24. The Hall–Kier alpha value is -0.940. The Bertz CT molecular complexity index is 280. The van der Waals surface area contributed by atoms with Gasteiger partial charge in [0.15, 0.2) is 5.78 Å². The first-order chi connectivity index (χ1) is 8.93. The van der Waals surface area contributed by atoms with E-state index in [0.29, 0.717) is 13.0 Å². The maximum absolute atomic E-state index is 12.2. The molecule has 0 heterocycles. The molecule has 0 aliphatic carbocycles. The lowest BCUT2D eigenvalue weighted by Crippen LogP contribution is -2.51. The normalized spacial score (nSPS) is 14.2. The molecule has 0 spiro atoms. The molecule has 5 nitrogen and oxygen atoms in total. The number of hydrogen-bond donors (Lipinski definition) is 3. The highest BCUT2D eigenvalue weighted by Crippen LogP contribution is 2.06. The van der Waals surface area contributed by atoms with Crippen molar-refractivity contribution in [3.8, 4) is 0 Å². The number of Topliss-reactive ketones (excluding diaryl/α,β-unsaturated/α-hetero) is 1. The highest BCUT2D eigenvalue weighted by atomic mass is 16.2. The first kappa shape index (κ1) is 18.1. The number of nitrogens with two attached hydrogens (primary N) is 1. The van der Waals surface area contributed by atoms with E-state index in [0.717, 1.165) is 19.4 Å². The molecule has 19 heavy (non-hydrogen) atoms. The quantitative estimate of drug-likeness (QED) is 0.514. The molecule has 2 atom stereocenters. The summed E-state index contributed by atoms with van der Waals surface area (Å²) in [6, 6.07) is -0.639. The molecule has 0 aromatic carbocycles. The molecule has 1 amide bonds. The predicted octanol–water partition coefficient (Wildman–Crippen LogP) is 0.823. The summed E-state index contributed by atoms with van der Waals surface area (Å²) in [5.74, 6) is 0.103. The average Bonchev–Trinajstić information content (AvgIpc) is 2.34. The molecule has 0 aliphatic rings. The van der Waals surface area contributed by atoms with E-state index in [4.69, 9.17) is 5.73 Å². The Kier molecular flexibility index (Phi) is 9.43. The molecule has 112 valence electrons. The van der Waals surface area contributed by atoms with Crippen molar-refractivity contribution in [2.75, 3.05) is 13.1 Å². The number of carbonyl (C=O) groups excluding carboxylic acids is 2. The summed E-state index contributed by atoms with van der Waals surface area (Å²) in [6.07, 6.45) is 2.39. The fourth-order valence-corrected chi connectivity index (χ4v) is 1.98. The van der Waals surface area contributed by atoms with Crippen LogP contribution in [-0.2, 0) is 9.59 Å². The van der Waals surface area contributed by atoms with Gasteiger partial charge in [0.05, 0.1) is 12.1 Å². The molecule has 0 rings (SSSR count). The molecular weight excluding hydrogens is 242 g/mol. The van der Waals surface area contributed by atoms with E-state index >= 15 is 0 Å². The largest absolute Gasteiger partial charge is 0.345 e. The van der Waals surface area contributed by atoms with Crippen molar-refractivity contribution >= 4 is 11.7 Å². The lowest BCUT2D eigenvalue weighted by atomic mass is 10.0. The zero-order valence-corrected chi connectivity index (χ0v) is 12.7.